The molecule has 32 heavy (non-hydrogen) atoms. The van der Waals surface area contributed by atoms with E-state index in [4.69, 9.17) is 5.41 Å². The van der Waals surface area contributed by atoms with E-state index in [0.29, 0.717) is 29.8 Å². The molecule has 6 nitrogen and oxygen atoms in total. The van der Waals surface area contributed by atoms with E-state index >= 15 is 0 Å². The van der Waals surface area contributed by atoms with Gasteiger partial charge < -0.3 is 21.4 Å². The van der Waals surface area contributed by atoms with Crippen molar-refractivity contribution in [1.29, 1.82) is 5.41 Å². The SMILES string of the molecule is CNc1cccc(NC(=O)C(CCc2ccccc2)NC(=O)c2ccccc2F)c1C=N.[HH].[HH]. The number of carbonyl (C=O) groups is 2. The molecule has 1 atom stereocenters. The number of hydrogen-bond acceptors (Lipinski definition) is 4. The molecule has 0 bridgehead atoms. The molecule has 3 aromatic carbocycles. The van der Waals surface area contributed by atoms with Crippen molar-refractivity contribution in [2.75, 3.05) is 17.7 Å². The van der Waals surface area contributed by atoms with Crippen molar-refractivity contribution >= 4 is 29.4 Å². The van der Waals surface area contributed by atoms with E-state index < -0.39 is 23.7 Å². The minimum Gasteiger partial charge on any atom is -0.388 e. The first-order valence-corrected chi connectivity index (χ1v) is 10.2. The van der Waals surface area contributed by atoms with Crippen molar-refractivity contribution in [3.8, 4) is 0 Å². The third kappa shape index (κ3) is 5.57. The van der Waals surface area contributed by atoms with Gasteiger partial charge in [-0.15, -0.1) is 0 Å². The molecule has 3 rings (SSSR count). The van der Waals surface area contributed by atoms with Crippen LogP contribution < -0.4 is 16.0 Å². The molecule has 2 amide bonds. The zero-order valence-electron chi connectivity index (χ0n) is 17.7. The van der Waals surface area contributed by atoms with Crippen molar-refractivity contribution in [3.63, 3.8) is 0 Å². The van der Waals surface area contributed by atoms with Gasteiger partial charge in [-0.2, -0.15) is 0 Å². The molecule has 0 radical (unpaired) electrons. The van der Waals surface area contributed by atoms with Crippen LogP contribution in [0.1, 0.15) is 30.8 Å². The van der Waals surface area contributed by atoms with Crippen LogP contribution in [0, 0.1) is 11.2 Å². The van der Waals surface area contributed by atoms with Gasteiger partial charge in [0.05, 0.1) is 11.3 Å². The van der Waals surface area contributed by atoms with Crippen molar-refractivity contribution in [1.82, 2.24) is 5.32 Å². The van der Waals surface area contributed by atoms with Crippen LogP contribution in [0.5, 0.6) is 0 Å². The summed E-state index contributed by atoms with van der Waals surface area (Å²) in [5.41, 5.74) is 2.55. The minimum absolute atomic E-state index is 0. The summed E-state index contributed by atoms with van der Waals surface area (Å²) >= 11 is 0. The Balaban J connectivity index is 0.00000289. The fourth-order valence-electron chi connectivity index (χ4n) is 3.37. The number of rotatable bonds is 9. The molecule has 0 saturated heterocycles. The van der Waals surface area contributed by atoms with Crippen LogP contribution in [0.15, 0.2) is 72.8 Å². The van der Waals surface area contributed by atoms with E-state index in [1.54, 1.807) is 31.3 Å². The lowest BCUT2D eigenvalue weighted by Crippen LogP contribution is -2.44. The molecule has 0 saturated carbocycles. The van der Waals surface area contributed by atoms with Gasteiger partial charge in [0.2, 0.25) is 5.91 Å². The van der Waals surface area contributed by atoms with Gasteiger partial charge in [-0.05, 0) is 42.7 Å². The second-order valence-corrected chi connectivity index (χ2v) is 7.18. The molecular weight excluding hydrogens is 407 g/mol. The predicted molar refractivity (Wildman–Crippen MR) is 129 cm³/mol. The summed E-state index contributed by atoms with van der Waals surface area (Å²) in [5.74, 6) is -1.76. The smallest absolute Gasteiger partial charge is 0.254 e. The summed E-state index contributed by atoms with van der Waals surface area (Å²) in [6.07, 6.45) is 2.02. The lowest BCUT2D eigenvalue weighted by molar-refractivity contribution is -0.118. The zero-order valence-corrected chi connectivity index (χ0v) is 17.7. The first-order chi connectivity index (χ1) is 15.5. The Morgan fingerprint density at radius 3 is 2.38 bits per heavy atom. The predicted octanol–water partition coefficient (Wildman–Crippen LogP) is 4.73. The molecule has 0 heterocycles. The molecule has 7 heteroatoms. The van der Waals surface area contributed by atoms with E-state index in [9.17, 15) is 14.0 Å². The van der Waals surface area contributed by atoms with Gasteiger partial charge in [-0.3, -0.25) is 9.59 Å². The van der Waals surface area contributed by atoms with Crippen LogP contribution >= 0.6 is 0 Å². The number of aryl methyl sites for hydroxylation is 1. The largest absolute Gasteiger partial charge is 0.388 e. The second-order valence-electron chi connectivity index (χ2n) is 7.18. The van der Waals surface area contributed by atoms with Crippen LogP contribution in [-0.4, -0.2) is 31.1 Å². The fraction of sp³-hybridized carbons (Fsp3) is 0.160. The van der Waals surface area contributed by atoms with E-state index in [2.05, 4.69) is 16.0 Å². The minimum atomic E-state index is -0.904. The van der Waals surface area contributed by atoms with Crippen LogP contribution in [0.4, 0.5) is 15.8 Å². The Kier molecular flexibility index (Phi) is 7.70. The summed E-state index contributed by atoms with van der Waals surface area (Å²) in [6.45, 7) is 0. The maximum atomic E-state index is 14.1. The fourth-order valence-corrected chi connectivity index (χ4v) is 3.37. The summed E-state index contributed by atoms with van der Waals surface area (Å²) < 4.78 is 14.1. The third-order valence-electron chi connectivity index (χ3n) is 5.08. The Labute approximate surface area is 189 Å². The topological polar surface area (TPSA) is 94.1 Å². The number of nitrogens with one attached hydrogen (secondary N) is 4. The molecule has 0 fully saturated rings. The molecule has 0 aliphatic carbocycles. The van der Waals surface area contributed by atoms with Gasteiger partial charge in [0.25, 0.3) is 5.91 Å². The van der Waals surface area contributed by atoms with Gasteiger partial charge in [0, 0.05) is 27.4 Å². The maximum Gasteiger partial charge on any atom is 0.254 e. The molecule has 4 N–H and O–H groups in total. The Morgan fingerprint density at radius 2 is 1.69 bits per heavy atom. The molecule has 0 spiro atoms. The van der Waals surface area contributed by atoms with Crippen LogP contribution in [-0.2, 0) is 11.2 Å². The van der Waals surface area contributed by atoms with Crippen LogP contribution in [0.25, 0.3) is 0 Å². The Bertz CT molecular complexity index is 1110. The Morgan fingerprint density at radius 1 is 1.00 bits per heavy atom. The van der Waals surface area contributed by atoms with E-state index in [1.165, 1.54) is 18.2 Å². The monoisotopic (exact) mass is 436 g/mol. The maximum absolute atomic E-state index is 14.1. The number of amides is 2. The zero-order chi connectivity index (χ0) is 22.9. The molecule has 168 valence electrons. The highest BCUT2D eigenvalue weighted by atomic mass is 19.1. The van der Waals surface area contributed by atoms with Crippen molar-refractivity contribution in [2.24, 2.45) is 0 Å². The summed E-state index contributed by atoms with van der Waals surface area (Å²) in [6, 6.07) is 19.6. The summed E-state index contributed by atoms with van der Waals surface area (Å²) in [5, 5.41) is 16.1. The number of benzene rings is 3. The highest BCUT2D eigenvalue weighted by molar-refractivity contribution is 6.04. The second kappa shape index (κ2) is 10.9. The molecule has 1 unspecified atom stereocenters. The first kappa shape index (κ1) is 22.7. The van der Waals surface area contributed by atoms with E-state index in [1.807, 2.05) is 30.3 Å². The highest BCUT2D eigenvalue weighted by Gasteiger charge is 2.23. The molecular formula is C25H29FN4O2. The summed E-state index contributed by atoms with van der Waals surface area (Å²) in [7, 11) is 1.73. The average Bonchev–Trinajstić information content (AvgIpc) is 2.82. The highest BCUT2D eigenvalue weighted by Crippen LogP contribution is 2.22. The lowest BCUT2D eigenvalue weighted by Gasteiger charge is -2.20. The quantitative estimate of drug-likeness (QED) is 0.365. The normalized spacial score (nSPS) is 11.3. The van der Waals surface area contributed by atoms with E-state index in [-0.39, 0.29) is 8.42 Å². The number of halogens is 1. The van der Waals surface area contributed by atoms with Crippen molar-refractivity contribution in [2.45, 2.75) is 18.9 Å². The van der Waals surface area contributed by atoms with Crippen LogP contribution in [0.2, 0.25) is 0 Å². The Hall–Kier alpha value is -4.00. The third-order valence-corrected chi connectivity index (χ3v) is 5.08. The summed E-state index contributed by atoms with van der Waals surface area (Å²) in [4.78, 5) is 25.8. The van der Waals surface area contributed by atoms with Crippen LogP contribution in [0.3, 0.4) is 0 Å². The van der Waals surface area contributed by atoms with Gasteiger partial charge in [-0.1, -0.05) is 48.5 Å². The van der Waals surface area contributed by atoms with Gasteiger partial charge in [0.1, 0.15) is 11.9 Å². The number of carbonyl (C=O) groups excluding carboxylic acids is 2. The number of anilines is 2. The lowest BCUT2D eigenvalue weighted by atomic mass is 10.0. The average molecular weight is 437 g/mol. The first-order valence-electron chi connectivity index (χ1n) is 10.2. The van der Waals surface area contributed by atoms with Gasteiger partial charge >= 0.3 is 0 Å². The number of hydrogen-bond donors (Lipinski definition) is 4. The van der Waals surface area contributed by atoms with Gasteiger partial charge in [-0.25, -0.2) is 4.39 Å². The molecule has 0 aliphatic heterocycles. The molecule has 3 aromatic rings. The molecule has 0 aliphatic rings. The van der Waals surface area contributed by atoms with Gasteiger partial charge in [0.15, 0.2) is 0 Å². The van der Waals surface area contributed by atoms with Crippen molar-refractivity contribution < 1.29 is 16.8 Å². The van der Waals surface area contributed by atoms with Crippen molar-refractivity contribution in [3.05, 3.63) is 95.3 Å². The van der Waals surface area contributed by atoms with E-state index in [0.717, 1.165) is 11.8 Å². The molecule has 0 aromatic heterocycles. The standard InChI is InChI=1S/C25H25FN4O2.2H2/c1-28-21-12-7-13-22(19(21)16-27)29-25(32)23(15-14-17-8-3-2-4-9-17)30-24(31)18-10-5-6-11-20(18)26;;/h2-13,16,23,27-28H,14-15H2,1H3,(H,29,32)(H,30,31);2*1H.